The van der Waals surface area contributed by atoms with Crippen molar-refractivity contribution in [1.82, 2.24) is 20.4 Å². The SMILES string of the molecule is O=C(NC1CCN(c2nccc(-c3ccccc3)n2)C1)c1cc(N2CCCC2)no1. The van der Waals surface area contributed by atoms with Gasteiger partial charge in [-0.3, -0.25) is 4.79 Å². The summed E-state index contributed by atoms with van der Waals surface area (Å²) in [5.74, 6) is 1.47. The minimum atomic E-state index is -0.223. The van der Waals surface area contributed by atoms with Gasteiger partial charge in [0.15, 0.2) is 5.82 Å². The molecule has 3 aromatic rings. The molecule has 0 aliphatic carbocycles. The molecule has 8 heteroatoms. The molecule has 154 valence electrons. The van der Waals surface area contributed by atoms with Gasteiger partial charge in [0.2, 0.25) is 11.7 Å². The van der Waals surface area contributed by atoms with E-state index in [1.54, 1.807) is 12.3 Å². The number of amides is 1. The zero-order valence-corrected chi connectivity index (χ0v) is 16.7. The van der Waals surface area contributed by atoms with Crippen LogP contribution >= 0.6 is 0 Å². The standard InChI is InChI=1S/C22H24N6O2/c29-21(19-14-20(26-30-19)27-11-4-5-12-27)24-17-9-13-28(15-17)22-23-10-8-18(25-22)16-6-2-1-3-7-16/h1-3,6-8,10,14,17H,4-5,9,11-13,15H2,(H,24,29). The first-order valence-electron chi connectivity index (χ1n) is 10.4. The Balaban J connectivity index is 1.22. The Morgan fingerprint density at radius 1 is 1.07 bits per heavy atom. The van der Waals surface area contributed by atoms with Gasteiger partial charge >= 0.3 is 0 Å². The minimum Gasteiger partial charge on any atom is -0.354 e. The zero-order valence-electron chi connectivity index (χ0n) is 16.7. The molecule has 1 aromatic carbocycles. The third-order valence-corrected chi connectivity index (χ3v) is 5.67. The summed E-state index contributed by atoms with van der Waals surface area (Å²) in [6, 6.07) is 13.7. The van der Waals surface area contributed by atoms with E-state index in [1.165, 1.54) is 0 Å². The third-order valence-electron chi connectivity index (χ3n) is 5.67. The van der Waals surface area contributed by atoms with Gasteiger partial charge in [0, 0.05) is 50.0 Å². The van der Waals surface area contributed by atoms with Crippen molar-refractivity contribution in [2.24, 2.45) is 0 Å². The molecule has 0 radical (unpaired) electrons. The van der Waals surface area contributed by atoms with Gasteiger partial charge in [-0.1, -0.05) is 35.5 Å². The first kappa shape index (κ1) is 18.6. The van der Waals surface area contributed by atoms with Crippen molar-refractivity contribution in [2.75, 3.05) is 36.0 Å². The second kappa shape index (κ2) is 8.14. The summed E-state index contributed by atoms with van der Waals surface area (Å²) in [7, 11) is 0. The van der Waals surface area contributed by atoms with Gasteiger partial charge in [-0.25, -0.2) is 9.97 Å². The fraction of sp³-hybridized carbons (Fsp3) is 0.364. The van der Waals surface area contributed by atoms with Gasteiger partial charge in [-0.05, 0) is 25.3 Å². The average Bonchev–Trinajstić information content (AvgIpc) is 3.55. The van der Waals surface area contributed by atoms with E-state index in [0.29, 0.717) is 12.5 Å². The van der Waals surface area contributed by atoms with E-state index < -0.39 is 0 Å². The maximum absolute atomic E-state index is 12.6. The van der Waals surface area contributed by atoms with E-state index in [2.05, 4.69) is 25.3 Å². The van der Waals surface area contributed by atoms with Crippen LogP contribution in [0.2, 0.25) is 0 Å². The summed E-state index contributed by atoms with van der Waals surface area (Å²) < 4.78 is 5.28. The quantitative estimate of drug-likeness (QED) is 0.700. The number of nitrogens with one attached hydrogen (secondary N) is 1. The number of hydrogen-bond acceptors (Lipinski definition) is 7. The van der Waals surface area contributed by atoms with E-state index in [0.717, 1.165) is 56.0 Å². The van der Waals surface area contributed by atoms with Crippen LogP contribution in [0.5, 0.6) is 0 Å². The fourth-order valence-electron chi connectivity index (χ4n) is 4.05. The summed E-state index contributed by atoms with van der Waals surface area (Å²) in [4.78, 5) is 26.0. The Kier molecular flexibility index (Phi) is 5.04. The van der Waals surface area contributed by atoms with E-state index >= 15 is 0 Å². The topological polar surface area (TPSA) is 87.4 Å². The number of nitrogens with zero attached hydrogens (tertiary/aromatic N) is 5. The van der Waals surface area contributed by atoms with Crippen molar-refractivity contribution < 1.29 is 9.32 Å². The van der Waals surface area contributed by atoms with Crippen LogP contribution in [0, 0.1) is 0 Å². The van der Waals surface area contributed by atoms with Crippen molar-refractivity contribution in [2.45, 2.75) is 25.3 Å². The van der Waals surface area contributed by atoms with Gasteiger partial charge in [0.1, 0.15) is 0 Å². The predicted octanol–water partition coefficient (Wildman–Crippen LogP) is 2.74. The summed E-state index contributed by atoms with van der Waals surface area (Å²) in [6.45, 7) is 3.39. The number of anilines is 2. The lowest BCUT2D eigenvalue weighted by Crippen LogP contribution is -2.37. The summed E-state index contributed by atoms with van der Waals surface area (Å²) in [5, 5.41) is 7.11. The second-order valence-corrected chi connectivity index (χ2v) is 7.76. The molecule has 1 atom stereocenters. The molecule has 2 fully saturated rings. The van der Waals surface area contributed by atoms with E-state index in [1.807, 2.05) is 36.4 Å². The van der Waals surface area contributed by atoms with Crippen LogP contribution in [0.25, 0.3) is 11.3 Å². The maximum Gasteiger partial charge on any atom is 0.290 e. The number of carbonyl (C=O) groups excluding carboxylic acids is 1. The van der Waals surface area contributed by atoms with Crippen LogP contribution in [-0.4, -0.2) is 53.3 Å². The lowest BCUT2D eigenvalue weighted by Gasteiger charge is -2.17. The van der Waals surface area contributed by atoms with Crippen LogP contribution < -0.4 is 15.1 Å². The molecule has 4 heterocycles. The largest absolute Gasteiger partial charge is 0.354 e. The van der Waals surface area contributed by atoms with E-state index in [-0.39, 0.29) is 17.7 Å². The first-order chi connectivity index (χ1) is 14.8. The Hall–Kier alpha value is -3.42. The zero-order chi connectivity index (χ0) is 20.3. The molecule has 1 amide bonds. The van der Waals surface area contributed by atoms with Crippen LogP contribution in [0.1, 0.15) is 29.8 Å². The highest BCUT2D eigenvalue weighted by molar-refractivity contribution is 5.92. The summed E-state index contributed by atoms with van der Waals surface area (Å²) >= 11 is 0. The van der Waals surface area contributed by atoms with Gasteiger partial charge in [0.05, 0.1) is 5.69 Å². The molecule has 0 spiro atoms. The molecule has 8 nitrogen and oxygen atoms in total. The van der Waals surface area contributed by atoms with Crippen LogP contribution in [0.3, 0.4) is 0 Å². The van der Waals surface area contributed by atoms with Crippen LogP contribution in [0.15, 0.2) is 53.2 Å². The molecule has 1 unspecified atom stereocenters. The summed E-state index contributed by atoms with van der Waals surface area (Å²) in [6.07, 6.45) is 4.92. The van der Waals surface area contributed by atoms with Gasteiger partial charge < -0.3 is 19.6 Å². The Morgan fingerprint density at radius 2 is 1.90 bits per heavy atom. The van der Waals surface area contributed by atoms with Crippen LogP contribution in [-0.2, 0) is 0 Å². The average molecular weight is 404 g/mol. The monoisotopic (exact) mass is 404 g/mol. The molecular weight excluding hydrogens is 380 g/mol. The molecule has 2 aliphatic rings. The maximum atomic E-state index is 12.6. The highest BCUT2D eigenvalue weighted by Gasteiger charge is 2.28. The first-order valence-corrected chi connectivity index (χ1v) is 10.4. The van der Waals surface area contributed by atoms with Gasteiger partial charge in [-0.2, -0.15) is 0 Å². The molecule has 0 saturated carbocycles. The van der Waals surface area contributed by atoms with Gasteiger partial charge in [-0.15, -0.1) is 0 Å². The van der Waals surface area contributed by atoms with E-state index in [9.17, 15) is 4.79 Å². The molecule has 30 heavy (non-hydrogen) atoms. The molecular formula is C22H24N6O2. The lowest BCUT2D eigenvalue weighted by atomic mass is 10.1. The normalized spacial score (nSPS) is 18.7. The molecule has 2 saturated heterocycles. The minimum absolute atomic E-state index is 0.0156. The molecule has 0 bridgehead atoms. The Labute approximate surface area is 174 Å². The number of carbonyl (C=O) groups is 1. The fourth-order valence-corrected chi connectivity index (χ4v) is 4.05. The second-order valence-electron chi connectivity index (χ2n) is 7.76. The number of rotatable bonds is 5. The number of aromatic nitrogens is 3. The van der Waals surface area contributed by atoms with Crippen molar-refractivity contribution in [3.05, 3.63) is 54.4 Å². The third kappa shape index (κ3) is 3.85. The Morgan fingerprint density at radius 3 is 2.73 bits per heavy atom. The van der Waals surface area contributed by atoms with E-state index in [4.69, 9.17) is 9.51 Å². The van der Waals surface area contributed by atoms with Crippen molar-refractivity contribution in [3.8, 4) is 11.3 Å². The van der Waals surface area contributed by atoms with Gasteiger partial charge in [0.25, 0.3) is 5.91 Å². The number of benzene rings is 1. The highest BCUT2D eigenvalue weighted by atomic mass is 16.5. The Bertz CT molecular complexity index is 1020. The van der Waals surface area contributed by atoms with Crippen molar-refractivity contribution >= 4 is 17.7 Å². The highest BCUT2D eigenvalue weighted by Crippen LogP contribution is 2.22. The molecule has 5 rings (SSSR count). The van der Waals surface area contributed by atoms with Crippen molar-refractivity contribution in [3.63, 3.8) is 0 Å². The summed E-state index contributed by atoms with van der Waals surface area (Å²) in [5.41, 5.74) is 1.95. The molecule has 2 aromatic heterocycles. The lowest BCUT2D eigenvalue weighted by molar-refractivity contribution is 0.0903. The van der Waals surface area contributed by atoms with Crippen molar-refractivity contribution in [1.29, 1.82) is 0 Å². The number of hydrogen-bond donors (Lipinski definition) is 1. The smallest absolute Gasteiger partial charge is 0.290 e. The van der Waals surface area contributed by atoms with Crippen LogP contribution in [0.4, 0.5) is 11.8 Å². The predicted molar refractivity (Wildman–Crippen MR) is 114 cm³/mol. The molecule has 1 N–H and O–H groups in total. The molecule has 2 aliphatic heterocycles.